The number of alkyl halides is 3. The van der Waals surface area contributed by atoms with Gasteiger partial charge in [-0.2, -0.15) is 0 Å². The van der Waals surface area contributed by atoms with Gasteiger partial charge in [0.25, 0.3) is 0 Å². The van der Waals surface area contributed by atoms with Gasteiger partial charge in [-0.3, -0.25) is 0 Å². The summed E-state index contributed by atoms with van der Waals surface area (Å²) in [6, 6.07) is 0. The number of hydrogen-bond donors (Lipinski definition) is 0. The average molecular weight is 402 g/mol. The molecule has 3 heteroatoms. The standard InChI is InChI=1S/C16H31Br2F/c1-2-3-4-5-6-9-12-15(17)13-10-7-8-11-14-16(18)19/h15-16H,2-14H2,1H3. The van der Waals surface area contributed by atoms with Gasteiger partial charge < -0.3 is 0 Å². The van der Waals surface area contributed by atoms with Crippen LogP contribution < -0.4 is 0 Å². The Morgan fingerprint density at radius 1 is 0.684 bits per heavy atom. The van der Waals surface area contributed by atoms with E-state index in [1.54, 1.807) is 0 Å². The molecular weight excluding hydrogens is 371 g/mol. The van der Waals surface area contributed by atoms with Crippen molar-refractivity contribution in [2.75, 3.05) is 0 Å². The first kappa shape index (κ1) is 19.9. The molecule has 0 aliphatic carbocycles. The molecule has 0 N–H and O–H groups in total. The number of halogens is 3. The summed E-state index contributed by atoms with van der Waals surface area (Å²) in [7, 11) is 0. The van der Waals surface area contributed by atoms with Gasteiger partial charge >= 0.3 is 0 Å². The van der Waals surface area contributed by atoms with E-state index in [0.29, 0.717) is 11.2 Å². The van der Waals surface area contributed by atoms with Crippen molar-refractivity contribution in [3.05, 3.63) is 0 Å². The molecule has 19 heavy (non-hydrogen) atoms. The highest BCUT2D eigenvalue weighted by atomic mass is 79.9. The molecule has 0 spiro atoms. The van der Waals surface area contributed by atoms with E-state index in [1.165, 1.54) is 70.6 Å². The summed E-state index contributed by atoms with van der Waals surface area (Å²) in [5.41, 5.74) is 0. The van der Waals surface area contributed by atoms with Gasteiger partial charge in [0.2, 0.25) is 0 Å². The Kier molecular flexibility index (Phi) is 16.0. The Balaban J connectivity index is 3.14. The highest BCUT2D eigenvalue weighted by molar-refractivity contribution is 9.09. The lowest BCUT2D eigenvalue weighted by Gasteiger charge is -2.09. The van der Waals surface area contributed by atoms with Gasteiger partial charge in [0.15, 0.2) is 5.08 Å². The van der Waals surface area contributed by atoms with Crippen LogP contribution in [0.5, 0.6) is 0 Å². The highest BCUT2D eigenvalue weighted by Crippen LogP contribution is 2.20. The van der Waals surface area contributed by atoms with Crippen LogP contribution in [0.1, 0.15) is 90.4 Å². The fourth-order valence-electron chi connectivity index (χ4n) is 2.31. The zero-order chi connectivity index (χ0) is 14.3. The lowest BCUT2D eigenvalue weighted by atomic mass is 10.0. The Morgan fingerprint density at radius 3 is 1.58 bits per heavy atom. The van der Waals surface area contributed by atoms with E-state index < -0.39 is 5.08 Å². The van der Waals surface area contributed by atoms with Crippen LogP contribution in [0.2, 0.25) is 0 Å². The molecule has 0 radical (unpaired) electrons. The second-order valence-electron chi connectivity index (χ2n) is 5.54. The molecule has 0 amide bonds. The van der Waals surface area contributed by atoms with Crippen molar-refractivity contribution in [2.45, 2.75) is 100 Å². The van der Waals surface area contributed by atoms with E-state index in [0.717, 1.165) is 6.42 Å². The van der Waals surface area contributed by atoms with Crippen molar-refractivity contribution in [1.82, 2.24) is 0 Å². The molecule has 0 nitrogen and oxygen atoms in total. The molecule has 0 aliphatic rings. The third-order valence-corrected chi connectivity index (χ3v) is 4.93. The van der Waals surface area contributed by atoms with Crippen molar-refractivity contribution in [3.63, 3.8) is 0 Å². The van der Waals surface area contributed by atoms with Gasteiger partial charge in [-0.05, 0) is 25.7 Å². The molecule has 116 valence electrons. The number of rotatable bonds is 14. The topological polar surface area (TPSA) is 0 Å². The van der Waals surface area contributed by atoms with Crippen LogP contribution in [0.4, 0.5) is 4.39 Å². The van der Waals surface area contributed by atoms with Crippen molar-refractivity contribution in [1.29, 1.82) is 0 Å². The van der Waals surface area contributed by atoms with Gasteiger partial charge in [0, 0.05) is 4.83 Å². The number of unbranched alkanes of at least 4 members (excludes halogenated alkanes) is 8. The molecule has 0 saturated heterocycles. The Bertz CT molecular complexity index is 174. The largest absolute Gasteiger partial charge is 0.235 e. The van der Waals surface area contributed by atoms with Crippen molar-refractivity contribution >= 4 is 31.9 Å². The third-order valence-electron chi connectivity index (χ3n) is 3.56. The first-order valence-corrected chi connectivity index (χ1v) is 9.92. The lowest BCUT2D eigenvalue weighted by Crippen LogP contribution is -1.98. The molecule has 0 saturated carbocycles. The SMILES string of the molecule is CCCCCCCCC(Br)CCCCCCC(F)Br. The summed E-state index contributed by atoms with van der Waals surface area (Å²) < 4.78 is 12.5. The molecule has 0 aromatic heterocycles. The van der Waals surface area contributed by atoms with Crippen LogP contribution in [0.3, 0.4) is 0 Å². The first-order chi connectivity index (χ1) is 9.16. The van der Waals surface area contributed by atoms with E-state index in [1.807, 2.05) is 0 Å². The zero-order valence-corrected chi connectivity index (χ0v) is 15.7. The van der Waals surface area contributed by atoms with Gasteiger partial charge in [-0.15, -0.1) is 0 Å². The Labute approximate surface area is 136 Å². The summed E-state index contributed by atoms with van der Waals surface area (Å²) >= 11 is 6.73. The molecular formula is C16H31Br2F. The van der Waals surface area contributed by atoms with E-state index in [2.05, 4.69) is 38.8 Å². The summed E-state index contributed by atoms with van der Waals surface area (Å²) in [5, 5.41) is -0.802. The first-order valence-electron chi connectivity index (χ1n) is 8.09. The zero-order valence-electron chi connectivity index (χ0n) is 12.5. The molecule has 2 atom stereocenters. The van der Waals surface area contributed by atoms with Crippen molar-refractivity contribution in [3.8, 4) is 0 Å². The summed E-state index contributed by atoms with van der Waals surface area (Å²) in [4.78, 5) is 0.698. The minimum atomic E-state index is -0.802. The highest BCUT2D eigenvalue weighted by Gasteiger charge is 2.04. The van der Waals surface area contributed by atoms with Gasteiger partial charge in [0.05, 0.1) is 0 Å². The quantitative estimate of drug-likeness (QED) is 0.208. The summed E-state index contributed by atoms with van der Waals surface area (Å²) in [6.45, 7) is 2.26. The summed E-state index contributed by atoms with van der Waals surface area (Å²) in [6.07, 6.45) is 16.3. The lowest BCUT2D eigenvalue weighted by molar-refractivity contribution is 0.419. The second kappa shape index (κ2) is 15.3. The van der Waals surface area contributed by atoms with Crippen molar-refractivity contribution < 1.29 is 4.39 Å². The Hall–Kier alpha value is 0.890. The smallest absolute Gasteiger partial charge is 0.154 e. The van der Waals surface area contributed by atoms with Gasteiger partial charge in [0.1, 0.15) is 0 Å². The minimum Gasteiger partial charge on any atom is -0.235 e. The molecule has 0 rings (SSSR count). The maximum atomic E-state index is 12.5. The van der Waals surface area contributed by atoms with Gasteiger partial charge in [-0.1, -0.05) is 96.6 Å². The minimum absolute atomic E-state index is 0.662. The van der Waals surface area contributed by atoms with Crippen LogP contribution in [0, 0.1) is 0 Å². The fourth-order valence-corrected chi connectivity index (χ4v) is 3.28. The van der Waals surface area contributed by atoms with E-state index in [-0.39, 0.29) is 0 Å². The second-order valence-corrected chi connectivity index (χ2v) is 7.82. The molecule has 0 fully saturated rings. The van der Waals surface area contributed by atoms with Gasteiger partial charge in [-0.25, -0.2) is 4.39 Å². The predicted molar refractivity (Wildman–Crippen MR) is 92.2 cm³/mol. The third kappa shape index (κ3) is 16.8. The summed E-state index contributed by atoms with van der Waals surface area (Å²) in [5.74, 6) is 0. The van der Waals surface area contributed by atoms with Crippen LogP contribution in [0.25, 0.3) is 0 Å². The van der Waals surface area contributed by atoms with E-state index in [4.69, 9.17) is 0 Å². The van der Waals surface area contributed by atoms with Crippen LogP contribution in [-0.2, 0) is 0 Å². The van der Waals surface area contributed by atoms with Crippen LogP contribution >= 0.6 is 31.9 Å². The van der Waals surface area contributed by atoms with E-state index in [9.17, 15) is 4.39 Å². The van der Waals surface area contributed by atoms with E-state index >= 15 is 0 Å². The fraction of sp³-hybridized carbons (Fsp3) is 1.00. The Morgan fingerprint density at radius 2 is 1.11 bits per heavy atom. The molecule has 0 heterocycles. The predicted octanol–water partition coefficient (Wildman–Crippen LogP) is 7.53. The molecule has 0 aromatic carbocycles. The van der Waals surface area contributed by atoms with Crippen molar-refractivity contribution in [2.24, 2.45) is 0 Å². The molecule has 0 aliphatic heterocycles. The molecule has 2 unspecified atom stereocenters. The normalized spacial score (nSPS) is 14.5. The average Bonchev–Trinajstić information content (AvgIpc) is 2.37. The maximum Gasteiger partial charge on any atom is 0.154 e. The monoisotopic (exact) mass is 400 g/mol. The maximum absolute atomic E-state index is 12.5. The number of hydrogen-bond acceptors (Lipinski definition) is 0. The molecule has 0 bridgehead atoms. The van der Waals surface area contributed by atoms with Crippen LogP contribution in [0.15, 0.2) is 0 Å². The van der Waals surface area contributed by atoms with Crippen LogP contribution in [-0.4, -0.2) is 9.91 Å². The molecule has 0 aromatic rings.